The highest BCUT2D eigenvalue weighted by Gasteiger charge is 2.09. The van der Waals surface area contributed by atoms with Gasteiger partial charge in [0.05, 0.1) is 0 Å². The van der Waals surface area contributed by atoms with Gasteiger partial charge in [0.1, 0.15) is 11.6 Å². The van der Waals surface area contributed by atoms with E-state index in [1.54, 1.807) is 12.3 Å². The molecule has 1 heterocycles. The van der Waals surface area contributed by atoms with Crippen molar-refractivity contribution >= 4 is 10.8 Å². The van der Waals surface area contributed by atoms with Gasteiger partial charge < -0.3 is 0 Å². The predicted molar refractivity (Wildman–Crippen MR) is 74.3 cm³/mol. The van der Waals surface area contributed by atoms with Crippen LogP contribution in [0, 0.1) is 11.3 Å². The SMILES string of the molecule is N#Cc1c(=O)n(-c2ccccc2)cc2ccccc12. The Labute approximate surface area is 110 Å². The fraction of sp³-hybridized carbons (Fsp3) is 0. The van der Waals surface area contributed by atoms with Crippen LogP contribution in [0.15, 0.2) is 65.6 Å². The zero-order chi connectivity index (χ0) is 13.2. The van der Waals surface area contributed by atoms with E-state index < -0.39 is 0 Å². The lowest BCUT2D eigenvalue weighted by Crippen LogP contribution is -2.20. The van der Waals surface area contributed by atoms with Crippen LogP contribution in [0.3, 0.4) is 0 Å². The van der Waals surface area contributed by atoms with Gasteiger partial charge in [0.2, 0.25) is 0 Å². The maximum absolute atomic E-state index is 12.4. The molecular formula is C16H10N2O. The normalized spacial score (nSPS) is 10.3. The van der Waals surface area contributed by atoms with Crippen molar-refractivity contribution in [1.29, 1.82) is 5.26 Å². The highest BCUT2D eigenvalue weighted by molar-refractivity contribution is 5.87. The van der Waals surface area contributed by atoms with Gasteiger partial charge in [-0.1, -0.05) is 42.5 Å². The Morgan fingerprint density at radius 1 is 0.947 bits per heavy atom. The fourth-order valence-corrected chi connectivity index (χ4v) is 2.16. The standard InChI is InChI=1S/C16H10N2O/c17-10-15-14-9-5-4-6-12(14)11-18(16(15)19)13-7-2-1-3-8-13/h1-9,11H. The van der Waals surface area contributed by atoms with Crippen molar-refractivity contribution in [2.75, 3.05) is 0 Å². The summed E-state index contributed by atoms with van der Waals surface area (Å²) in [4.78, 5) is 12.4. The van der Waals surface area contributed by atoms with E-state index in [1.807, 2.05) is 54.6 Å². The summed E-state index contributed by atoms with van der Waals surface area (Å²) in [7, 11) is 0. The first-order valence-electron chi connectivity index (χ1n) is 5.91. The van der Waals surface area contributed by atoms with Crippen LogP contribution in [0.4, 0.5) is 0 Å². The Morgan fingerprint density at radius 3 is 2.37 bits per heavy atom. The number of pyridine rings is 1. The number of nitriles is 1. The lowest BCUT2D eigenvalue weighted by Gasteiger charge is -2.08. The first-order valence-corrected chi connectivity index (χ1v) is 5.91. The molecule has 0 unspecified atom stereocenters. The van der Waals surface area contributed by atoms with Gasteiger partial charge in [-0.3, -0.25) is 9.36 Å². The van der Waals surface area contributed by atoms with Crippen molar-refractivity contribution in [2.45, 2.75) is 0 Å². The van der Waals surface area contributed by atoms with Gasteiger partial charge in [-0.2, -0.15) is 5.26 Å². The Balaban J connectivity index is 2.43. The minimum Gasteiger partial charge on any atom is -0.283 e. The molecule has 3 aromatic rings. The van der Waals surface area contributed by atoms with Crippen LogP contribution in [0.25, 0.3) is 16.5 Å². The summed E-state index contributed by atoms with van der Waals surface area (Å²) < 4.78 is 1.51. The third-order valence-corrected chi connectivity index (χ3v) is 3.08. The Hall–Kier alpha value is -2.86. The smallest absolute Gasteiger partial charge is 0.273 e. The maximum Gasteiger partial charge on any atom is 0.273 e. The van der Waals surface area contributed by atoms with E-state index in [1.165, 1.54) is 4.57 Å². The summed E-state index contributed by atoms with van der Waals surface area (Å²) in [6.45, 7) is 0. The summed E-state index contributed by atoms with van der Waals surface area (Å²) in [5.74, 6) is 0. The van der Waals surface area contributed by atoms with Crippen LogP contribution in [0.1, 0.15) is 5.56 Å². The monoisotopic (exact) mass is 246 g/mol. The molecule has 0 spiro atoms. The summed E-state index contributed by atoms with van der Waals surface area (Å²) in [6.07, 6.45) is 1.77. The van der Waals surface area contributed by atoms with Gasteiger partial charge in [-0.05, 0) is 17.5 Å². The summed E-state index contributed by atoms with van der Waals surface area (Å²) >= 11 is 0. The topological polar surface area (TPSA) is 45.8 Å². The molecule has 0 radical (unpaired) electrons. The van der Waals surface area contributed by atoms with Gasteiger partial charge >= 0.3 is 0 Å². The molecule has 0 saturated carbocycles. The molecule has 0 aliphatic heterocycles. The molecule has 0 fully saturated rings. The van der Waals surface area contributed by atoms with Crippen LogP contribution in [0.5, 0.6) is 0 Å². The molecule has 0 saturated heterocycles. The molecule has 90 valence electrons. The molecule has 0 N–H and O–H groups in total. The van der Waals surface area contributed by atoms with Crippen LogP contribution in [0.2, 0.25) is 0 Å². The van der Waals surface area contributed by atoms with Crippen molar-refractivity contribution in [2.24, 2.45) is 0 Å². The number of benzene rings is 2. The van der Waals surface area contributed by atoms with E-state index in [0.29, 0.717) is 5.39 Å². The molecule has 0 aliphatic rings. The van der Waals surface area contributed by atoms with Gasteiger partial charge in [-0.25, -0.2) is 0 Å². The van der Waals surface area contributed by atoms with E-state index in [4.69, 9.17) is 0 Å². The lowest BCUT2D eigenvalue weighted by molar-refractivity contribution is 0.997. The van der Waals surface area contributed by atoms with E-state index in [9.17, 15) is 10.1 Å². The number of fused-ring (bicyclic) bond motifs is 1. The second kappa shape index (κ2) is 4.43. The zero-order valence-electron chi connectivity index (χ0n) is 10.1. The van der Waals surface area contributed by atoms with Gasteiger partial charge in [-0.15, -0.1) is 0 Å². The minimum atomic E-state index is -0.285. The molecule has 3 rings (SSSR count). The largest absolute Gasteiger partial charge is 0.283 e. The van der Waals surface area contributed by atoms with Crippen molar-refractivity contribution < 1.29 is 0 Å². The number of para-hydroxylation sites is 1. The molecule has 0 atom stereocenters. The van der Waals surface area contributed by atoms with Crippen LogP contribution >= 0.6 is 0 Å². The average Bonchev–Trinajstić information content (AvgIpc) is 2.47. The number of nitrogens with zero attached hydrogens (tertiary/aromatic N) is 2. The highest BCUT2D eigenvalue weighted by atomic mass is 16.1. The number of hydrogen-bond donors (Lipinski definition) is 0. The lowest BCUT2D eigenvalue weighted by atomic mass is 10.1. The van der Waals surface area contributed by atoms with Gasteiger partial charge in [0.25, 0.3) is 5.56 Å². The second-order valence-corrected chi connectivity index (χ2v) is 4.21. The minimum absolute atomic E-state index is 0.182. The first-order chi connectivity index (χ1) is 9.31. The first kappa shape index (κ1) is 11.2. The van der Waals surface area contributed by atoms with E-state index in [2.05, 4.69) is 0 Å². The molecule has 3 nitrogen and oxygen atoms in total. The van der Waals surface area contributed by atoms with Crippen molar-refractivity contribution in [3.8, 4) is 11.8 Å². The number of hydrogen-bond acceptors (Lipinski definition) is 2. The average molecular weight is 246 g/mol. The summed E-state index contributed by atoms with van der Waals surface area (Å²) in [5, 5.41) is 10.8. The van der Waals surface area contributed by atoms with Crippen molar-refractivity contribution in [1.82, 2.24) is 4.57 Å². The van der Waals surface area contributed by atoms with Crippen molar-refractivity contribution in [3.05, 3.63) is 76.7 Å². The van der Waals surface area contributed by atoms with Crippen LogP contribution < -0.4 is 5.56 Å². The van der Waals surface area contributed by atoms with Crippen LogP contribution in [-0.4, -0.2) is 4.57 Å². The molecule has 0 amide bonds. The number of aromatic nitrogens is 1. The third kappa shape index (κ3) is 1.80. The second-order valence-electron chi connectivity index (χ2n) is 4.21. The Morgan fingerprint density at radius 2 is 1.63 bits per heavy atom. The van der Waals surface area contributed by atoms with Gasteiger partial charge in [0.15, 0.2) is 0 Å². The maximum atomic E-state index is 12.4. The number of rotatable bonds is 1. The molecular weight excluding hydrogens is 236 g/mol. The van der Waals surface area contributed by atoms with E-state index in [0.717, 1.165) is 11.1 Å². The van der Waals surface area contributed by atoms with Gasteiger partial charge in [0, 0.05) is 17.3 Å². The molecule has 0 bridgehead atoms. The molecule has 19 heavy (non-hydrogen) atoms. The zero-order valence-corrected chi connectivity index (χ0v) is 10.1. The quantitative estimate of drug-likeness (QED) is 0.662. The Bertz CT molecular complexity index is 842. The summed E-state index contributed by atoms with van der Waals surface area (Å²) in [5.41, 5.74) is 0.657. The molecule has 1 aromatic heterocycles. The van der Waals surface area contributed by atoms with E-state index >= 15 is 0 Å². The van der Waals surface area contributed by atoms with Crippen LogP contribution in [-0.2, 0) is 0 Å². The fourth-order valence-electron chi connectivity index (χ4n) is 2.16. The highest BCUT2D eigenvalue weighted by Crippen LogP contribution is 2.16. The predicted octanol–water partition coefficient (Wildman–Crippen LogP) is 2.86. The summed E-state index contributed by atoms with van der Waals surface area (Å²) in [6, 6.07) is 18.7. The molecule has 3 heteroatoms. The van der Waals surface area contributed by atoms with Crippen molar-refractivity contribution in [3.63, 3.8) is 0 Å². The molecule has 0 aliphatic carbocycles. The Kier molecular flexibility index (Phi) is 2.62. The molecule has 2 aromatic carbocycles. The van der Waals surface area contributed by atoms with E-state index in [-0.39, 0.29) is 11.1 Å². The third-order valence-electron chi connectivity index (χ3n) is 3.08.